The van der Waals surface area contributed by atoms with E-state index in [1.807, 2.05) is 19.9 Å². The first-order valence-corrected chi connectivity index (χ1v) is 5.80. The Labute approximate surface area is 100 Å². The van der Waals surface area contributed by atoms with E-state index in [1.54, 1.807) is 24.3 Å². The third kappa shape index (κ3) is 2.36. The van der Waals surface area contributed by atoms with Crippen LogP contribution in [0.1, 0.15) is 30.6 Å². The maximum absolute atomic E-state index is 13.6. The molecule has 0 aliphatic heterocycles. The van der Waals surface area contributed by atoms with Crippen molar-refractivity contribution in [2.45, 2.75) is 20.3 Å². The van der Waals surface area contributed by atoms with Gasteiger partial charge in [-0.15, -0.1) is 0 Å². The predicted molar refractivity (Wildman–Crippen MR) is 67.7 cm³/mol. The number of carbonyl (C=O) groups is 1. The lowest BCUT2D eigenvalue weighted by Gasteiger charge is -2.08. The minimum absolute atomic E-state index is 0.0798. The number of halogens is 1. The lowest BCUT2D eigenvalue weighted by atomic mass is 9.96. The topological polar surface area (TPSA) is 17.1 Å². The molecule has 0 aromatic heterocycles. The minimum Gasteiger partial charge on any atom is -0.294 e. The largest absolute Gasteiger partial charge is 0.294 e. The number of benzene rings is 2. The van der Waals surface area contributed by atoms with E-state index in [0.29, 0.717) is 28.7 Å². The van der Waals surface area contributed by atoms with E-state index >= 15 is 0 Å². The zero-order chi connectivity index (χ0) is 12.4. The van der Waals surface area contributed by atoms with E-state index in [4.69, 9.17) is 0 Å². The highest BCUT2D eigenvalue weighted by atomic mass is 19.1. The predicted octanol–water partition coefficient (Wildman–Crippen LogP) is 4.21. The minimum atomic E-state index is -0.276. The van der Waals surface area contributed by atoms with Gasteiger partial charge in [0.1, 0.15) is 5.82 Å². The molecular weight excluding hydrogens is 215 g/mol. The second-order valence-corrected chi connectivity index (χ2v) is 4.66. The summed E-state index contributed by atoms with van der Waals surface area (Å²) in [4.78, 5) is 12.1. The molecule has 0 saturated heterocycles. The Morgan fingerprint density at radius 2 is 1.76 bits per heavy atom. The first-order valence-electron chi connectivity index (χ1n) is 5.80. The van der Waals surface area contributed by atoms with Crippen LogP contribution in [-0.4, -0.2) is 5.78 Å². The molecule has 0 amide bonds. The molecule has 0 saturated carbocycles. The van der Waals surface area contributed by atoms with Crippen molar-refractivity contribution in [1.29, 1.82) is 0 Å². The summed E-state index contributed by atoms with van der Waals surface area (Å²) in [6, 6.07) is 10.1. The molecule has 0 fully saturated rings. The second-order valence-electron chi connectivity index (χ2n) is 4.66. The van der Waals surface area contributed by atoms with E-state index in [0.717, 1.165) is 0 Å². The highest BCUT2D eigenvalue weighted by Gasteiger charge is 2.13. The van der Waals surface area contributed by atoms with E-state index < -0.39 is 0 Å². The van der Waals surface area contributed by atoms with E-state index in [9.17, 15) is 9.18 Å². The lowest BCUT2D eigenvalue weighted by molar-refractivity contribution is 0.0969. The van der Waals surface area contributed by atoms with Gasteiger partial charge < -0.3 is 0 Å². The van der Waals surface area contributed by atoms with Gasteiger partial charge in [-0.25, -0.2) is 4.39 Å². The zero-order valence-corrected chi connectivity index (χ0v) is 10.0. The molecule has 88 valence electrons. The SMILES string of the molecule is CC(C)CC(=O)c1ccc(F)c2ccccc12. The van der Waals surface area contributed by atoms with Crippen molar-refractivity contribution in [3.05, 3.63) is 47.8 Å². The first-order chi connectivity index (χ1) is 8.09. The standard InChI is InChI=1S/C15H15FO/c1-10(2)9-15(17)13-7-8-14(16)12-6-4-3-5-11(12)13/h3-8,10H,9H2,1-2H3. The van der Waals surface area contributed by atoms with Gasteiger partial charge in [-0.2, -0.15) is 0 Å². The maximum Gasteiger partial charge on any atom is 0.163 e. The van der Waals surface area contributed by atoms with Crippen LogP contribution in [-0.2, 0) is 0 Å². The summed E-state index contributed by atoms with van der Waals surface area (Å²) in [5, 5.41) is 1.22. The van der Waals surface area contributed by atoms with Crippen molar-refractivity contribution < 1.29 is 9.18 Å². The molecule has 0 aliphatic carbocycles. The molecule has 2 aromatic rings. The molecule has 0 unspecified atom stereocenters. The monoisotopic (exact) mass is 230 g/mol. The summed E-state index contributed by atoms with van der Waals surface area (Å²) in [5.41, 5.74) is 0.621. The Hall–Kier alpha value is -1.70. The number of ketones is 1. The third-order valence-corrected chi connectivity index (χ3v) is 2.76. The van der Waals surface area contributed by atoms with Crippen LogP contribution in [0.25, 0.3) is 10.8 Å². The van der Waals surface area contributed by atoms with Crippen LogP contribution in [0.4, 0.5) is 4.39 Å². The molecular formula is C15H15FO. The number of hydrogen-bond acceptors (Lipinski definition) is 1. The van der Waals surface area contributed by atoms with Crippen molar-refractivity contribution in [3.63, 3.8) is 0 Å². The van der Waals surface area contributed by atoms with Crippen LogP contribution in [0.3, 0.4) is 0 Å². The Bertz CT molecular complexity index is 558. The number of carbonyl (C=O) groups excluding carboxylic acids is 1. The summed E-state index contributed by atoms with van der Waals surface area (Å²) in [6.07, 6.45) is 0.496. The lowest BCUT2D eigenvalue weighted by Crippen LogP contribution is -2.04. The van der Waals surface area contributed by atoms with E-state index in [2.05, 4.69) is 0 Å². The first kappa shape index (κ1) is 11.8. The number of hydrogen-bond donors (Lipinski definition) is 0. The van der Waals surface area contributed by atoms with Gasteiger partial charge in [0.05, 0.1) is 0 Å². The maximum atomic E-state index is 13.6. The molecule has 0 bridgehead atoms. The van der Waals surface area contributed by atoms with Gasteiger partial charge in [0.2, 0.25) is 0 Å². The van der Waals surface area contributed by atoms with Crippen LogP contribution in [0, 0.1) is 11.7 Å². The summed E-state index contributed by atoms with van der Waals surface area (Å²) in [7, 11) is 0. The second kappa shape index (κ2) is 4.66. The molecule has 0 aliphatic rings. The summed E-state index contributed by atoms with van der Waals surface area (Å²) in [6.45, 7) is 4.01. The van der Waals surface area contributed by atoms with Gasteiger partial charge >= 0.3 is 0 Å². The van der Waals surface area contributed by atoms with E-state index in [-0.39, 0.29) is 11.6 Å². The molecule has 1 nitrogen and oxygen atoms in total. The van der Waals surface area contributed by atoms with Crippen molar-refractivity contribution in [2.75, 3.05) is 0 Å². The summed E-state index contributed by atoms with van der Waals surface area (Å²) in [5.74, 6) is 0.115. The normalized spacial score (nSPS) is 11.1. The average molecular weight is 230 g/mol. The van der Waals surface area contributed by atoms with Crippen molar-refractivity contribution in [1.82, 2.24) is 0 Å². The highest BCUT2D eigenvalue weighted by Crippen LogP contribution is 2.23. The quantitative estimate of drug-likeness (QED) is 0.722. The Morgan fingerprint density at radius 1 is 1.12 bits per heavy atom. The summed E-state index contributed by atoms with van der Waals surface area (Å²) >= 11 is 0. The van der Waals surface area contributed by atoms with Gasteiger partial charge in [0.15, 0.2) is 5.78 Å². The smallest absolute Gasteiger partial charge is 0.163 e. The highest BCUT2D eigenvalue weighted by molar-refractivity contribution is 6.08. The van der Waals surface area contributed by atoms with Gasteiger partial charge in [-0.3, -0.25) is 4.79 Å². The molecule has 0 N–H and O–H groups in total. The zero-order valence-electron chi connectivity index (χ0n) is 10.0. The van der Waals surface area contributed by atoms with Crippen LogP contribution in [0.5, 0.6) is 0 Å². The van der Waals surface area contributed by atoms with Crippen molar-refractivity contribution >= 4 is 16.6 Å². The van der Waals surface area contributed by atoms with Gasteiger partial charge in [0.25, 0.3) is 0 Å². The molecule has 2 aromatic carbocycles. The molecule has 2 rings (SSSR count). The van der Waals surface area contributed by atoms with Gasteiger partial charge in [-0.1, -0.05) is 38.1 Å². The Kier molecular flexibility index (Phi) is 3.23. The molecule has 17 heavy (non-hydrogen) atoms. The average Bonchev–Trinajstić information content (AvgIpc) is 2.29. The summed E-state index contributed by atoms with van der Waals surface area (Å²) < 4.78 is 13.6. The van der Waals surface area contributed by atoms with E-state index in [1.165, 1.54) is 6.07 Å². The Morgan fingerprint density at radius 3 is 2.41 bits per heavy atom. The number of rotatable bonds is 3. The fraction of sp³-hybridized carbons (Fsp3) is 0.267. The molecule has 0 heterocycles. The fourth-order valence-corrected chi connectivity index (χ4v) is 1.99. The molecule has 0 spiro atoms. The van der Waals surface area contributed by atoms with Crippen molar-refractivity contribution in [2.24, 2.45) is 5.92 Å². The molecule has 2 heteroatoms. The Balaban J connectivity index is 2.55. The number of fused-ring (bicyclic) bond motifs is 1. The van der Waals surface area contributed by atoms with Gasteiger partial charge in [-0.05, 0) is 23.4 Å². The fourth-order valence-electron chi connectivity index (χ4n) is 1.99. The van der Waals surface area contributed by atoms with Crippen LogP contribution in [0.2, 0.25) is 0 Å². The van der Waals surface area contributed by atoms with Crippen molar-refractivity contribution in [3.8, 4) is 0 Å². The van der Waals surface area contributed by atoms with Gasteiger partial charge in [0, 0.05) is 17.4 Å². The third-order valence-electron chi connectivity index (χ3n) is 2.76. The molecule has 0 atom stereocenters. The number of Topliss-reactive ketones (excluding diaryl/α,β-unsaturated/α-hetero) is 1. The van der Waals surface area contributed by atoms with Crippen LogP contribution >= 0.6 is 0 Å². The molecule has 0 radical (unpaired) electrons. The van der Waals surface area contributed by atoms with Crippen LogP contribution < -0.4 is 0 Å². The van der Waals surface area contributed by atoms with Crippen LogP contribution in [0.15, 0.2) is 36.4 Å².